The molecular weight excluding hydrogens is 200 g/mol. The molecule has 0 aromatic heterocycles. The molecule has 4 heteroatoms. The highest BCUT2D eigenvalue weighted by Crippen LogP contribution is 2.49. The average molecular weight is 220 g/mol. The van der Waals surface area contributed by atoms with Crippen molar-refractivity contribution in [2.45, 2.75) is 43.2 Å². The van der Waals surface area contributed by atoms with E-state index in [-0.39, 0.29) is 6.04 Å². The number of rotatable bonds is 5. The zero-order chi connectivity index (χ0) is 9.84. The molecule has 2 nitrogen and oxygen atoms in total. The first-order chi connectivity index (χ1) is 6.15. The van der Waals surface area contributed by atoms with E-state index in [0.29, 0.717) is 5.92 Å². The van der Waals surface area contributed by atoms with E-state index < -0.39 is 0 Å². The van der Waals surface area contributed by atoms with Crippen molar-refractivity contribution in [1.29, 1.82) is 0 Å². The highest BCUT2D eigenvalue weighted by atomic mass is 33.1. The van der Waals surface area contributed by atoms with E-state index in [1.165, 1.54) is 12.8 Å². The molecule has 0 amide bonds. The molecule has 1 heterocycles. The molecule has 1 fully saturated rings. The number of hydrogen-bond acceptors (Lipinski definition) is 4. The van der Waals surface area contributed by atoms with Crippen molar-refractivity contribution in [3.63, 3.8) is 0 Å². The summed E-state index contributed by atoms with van der Waals surface area (Å²) in [5, 5.41) is 1.68. The minimum Gasteiger partial charge on any atom is -0.330 e. The van der Waals surface area contributed by atoms with Gasteiger partial charge in [0.05, 0.1) is 0 Å². The number of hydrogen-bond donors (Lipinski definition) is 2. The summed E-state index contributed by atoms with van der Waals surface area (Å²) in [6.45, 7) is 5.09. The first kappa shape index (κ1) is 11.7. The van der Waals surface area contributed by atoms with E-state index in [0.717, 1.165) is 17.0 Å². The molecule has 4 atom stereocenters. The van der Waals surface area contributed by atoms with Gasteiger partial charge in [-0.2, -0.15) is 0 Å². The fraction of sp³-hybridized carbons (Fsp3) is 1.00. The summed E-state index contributed by atoms with van der Waals surface area (Å²) in [4.78, 5) is 0. The van der Waals surface area contributed by atoms with Gasteiger partial charge in [0.2, 0.25) is 0 Å². The van der Waals surface area contributed by atoms with Crippen LogP contribution in [0.5, 0.6) is 0 Å². The Morgan fingerprint density at radius 1 is 1.38 bits per heavy atom. The largest absolute Gasteiger partial charge is 0.330 e. The van der Waals surface area contributed by atoms with Crippen molar-refractivity contribution in [3.05, 3.63) is 0 Å². The molecule has 1 aliphatic rings. The van der Waals surface area contributed by atoms with E-state index >= 15 is 0 Å². The van der Waals surface area contributed by atoms with Crippen molar-refractivity contribution in [2.75, 3.05) is 6.54 Å². The molecule has 0 aromatic rings. The molecule has 0 aliphatic carbocycles. The van der Waals surface area contributed by atoms with Crippen LogP contribution in [0.15, 0.2) is 0 Å². The van der Waals surface area contributed by atoms with Crippen molar-refractivity contribution in [1.82, 2.24) is 0 Å². The van der Waals surface area contributed by atoms with Gasteiger partial charge in [-0.15, -0.1) is 0 Å². The minimum absolute atomic E-state index is 0.248. The molecule has 0 bridgehead atoms. The smallest absolute Gasteiger partial charge is 0.0276 e. The Labute approximate surface area is 89.0 Å². The quantitative estimate of drug-likeness (QED) is 0.694. The topological polar surface area (TPSA) is 52.0 Å². The Morgan fingerprint density at radius 2 is 2.08 bits per heavy atom. The molecule has 1 saturated heterocycles. The molecule has 3 unspecified atom stereocenters. The Morgan fingerprint density at radius 3 is 2.38 bits per heavy atom. The summed E-state index contributed by atoms with van der Waals surface area (Å²) >= 11 is 0. The molecule has 0 aromatic carbocycles. The third kappa shape index (κ3) is 3.35. The van der Waals surface area contributed by atoms with Gasteiger partial charge in [0.1, 0.15) is 0 Å². The van der Waals surface area contributed by atoms with E-state index in [1.807, 2.05) is 21.6 Å². The zero-order valence-electron chi connectivity index (χ0n) is 8.40. The van der Waals surface area contributed by atoms with Gasteiger partial charge < -0.3 is 11.5 Å². The van der Waals surface area contributed by atoms with Crippen molar-refractivity contribution in [2.24, 2.45) is 17.4 Å². The van der Waals surface area contributed by atoms with E-state index in [1.54, 1.807) is 0 Å². The summed E-state index contributed by atoms with van der Waals surface area (Å²) in [6.07, 6.45) is 2.47. The molecule has 1 aliphatic heterocycles. The van der Waals surface area contributed by atoms with Crippen LogP contribution < -0.4 is 11.5 Å². The van der Waals surface area contributed by atoms with Crippen LogP contribution >= 0.6 is 21.6 Å². The lowest BCUT2D eigenvalue weighted by Crippen LogP contribution is -2.34. The van der Waals surface area contributed by atoms with Gasteiger partial charge in [0.15, 0.2) is 0 Å². The molecule has 78 valence electrons. The second kappa shape index (κ2) is 5.49. The Bertz CT molecular complexity index is 153. The van der Waals surface area contributed by atoms with E-state index in [2.05, 4.69) is 13.8 Å². The Balaban J connectivity index is 2.16. The van der Waals surface area contributed by atoms with E-state index in [9.17, 15) is 0 Å². The summed E-state index contributed by atoms with van der Waals surface area (Å²) in [6, 6.07) is 0.248. The van der Waals surface area contributed by atoms with E-state index in [4.69, 9.17) is 11.5 Å². The van der Waals surface area contributed by atoms with Crippen LogP contribution in [0.1, 0.15) is 26.7 Å². The maximum atomic E-state index is 5.84. The highest BCUT2D eigenvalue weighted by molar-refractivity contribution is 8.80. The van der Waals surface area contributed by atoms with Crippen LogP contribution in [0.4, 0.5) is 0 Å². The molecule has 0 saturated carbocycles. The second-order valence-electron chi connectivity index (χ2n) is 3.87. The van der Waals surface area contributed by atoms with Gasteiger partial charge in [0.25, 0.3) is 0 Å². The van der Waals surface area contributed by atoms with Crippen LogP contribution in [0.25, 0.3) is 0 Å². The predicted molar refractivity (Wildman–Crippen MR) is 63.9 cm³/mol. The number of nitrogens with two attached hydrogens (primary N) is 2. The normalized spacial score (nSPS) is 32.3. The first-order valence-corrected chi connectivity index (χ1v) is 7.20. The Hall–Kier alpha value is 0.620. The lowest BCUT2D eigenvalue weighted by atomic mass is 9.95. The summed E-state index contributed by atoms with van der Waals surface area (Å²) in [5.74, 6) is 0.512. The maximum Gasteiger partial charge on any atom is 0.0276 e. The summed E-state index contributed by atoms with van der Waals surface area (Å²) < 4.78 is 0. The molecule has 4 N–H and O–H groups in total. The van der Waals surface area contributed by atoms with Gasteiger partial charge in [-0.1, -0.05) is 28.5 Å². The molecule has 13 heavy (non-hydrogen) atoms. The standard InChI is InChI=1S/C9H20N2S2/c1-6(11)8(5-10)3-4-9-7(2)12-13-9/h6-9H,3-5,10-11H2,1-2H3/t6?,7?,8-,9?/m0/s1. The minimum atomic E-state index is 0.248. The van der Waals surface area contributed by atoms with Crippen molar-refractivity contribution < 1.29 is 0 Å². The Kier molecular flexibility index (Phi) is 4.94. The van der Waals surface area contributed by atoms with Gasteiger partial charge >= 0.3 is 0 Å². The molecule has 0 radical (unpaired) electrons. The predicted octanol–water partition coefficient (Wildman–Crippen LogP) is 1.84. The third-order valence-corrected chi connectivity index (χ3v) is 6.52. The summed E-state index contributed by atoms with van der Waals surface area (Å²) in [7, 11) is 4.00. The van der Waals surface area contributed by atoms with Gasteiger partial charge in [0, 0.05) is 16.5 Å². The van der Waals surface area contributed by atoms with Crippen LogP contribution in [-0.2, 0) is 0 Å². The third-order valence-electron chi connectivity index (χ3n) is 2.72. The fourth-order valence-corrected chi connectivity index (χ4v) is 4.12. The van der Waals surface area contributed by atoms with Crippen LogP contribution in [-0.4, -0.2) is 23.1 Å². The SMILES string of the molecule is CC1SSC1CC[C@@H](CN)C(C)N. The molecular formula is C9H20N2S2. The average Bonchev–Trinajstić information content (AvgIpc) is 2.09. The zero-order valence-corrected chi connectivity index (χ0v) is 10.0. The van der Waals surface area contributed by atoms with Crippen molar-refractivity contribution >= 4 is 21.6 Å². The maximum absolute atomic E-state index is 5.84. The van der Waals surface area contributed by atoms with Crippen LogP contribution in [0, 0.1) is 5.92 Å². The lowest BCUT2D eigenvalue weighted by molar-refractivity contribution is 0.408. The van der Waals surface area contributed by atoms with Gasteiger partial charge in [-0.3, -0.25) is 0 Å². The van der Waals surface area contributed by atoms with Gasteiger partial charge in [-0.25, -0.2) is 0 Å². The summed E-state index contributed by atoms with van der Waals surface area (Å²) in [5.41, 5.74) is 11.5. The monoisotopic (exact) mass is 220 g/mol. The van der Waals surface area contributed by atoms with Gasteiger partial charge in [-0.05, 0) is 32.2 Å². The van der Waals surface area contributed by atoms with Crippen molar-refractivity contribution in [3.8, 4) is 0 Å². The second-order valence-corrected chi connectivity index (χ2v) is 6.76. The molecule has 1 rings (SSSR count). The fourth-order valence-electron chi connectivity index (χ4n) is 1.50. The van der Waals surface area contributed by atoms with Crippen LogP contribution in [0.3, 0.4) is 0 Å². The molecule has 0 spiro atoms. The first-order valence-electron chi connectivity index (χ1n) is 4.93. The van der Waals surface area contributed by atoms with Crippen LogP contribution in [0.2, 0.25) is 0 Å². The lowest BCUT2D eigenvalue weighted by Gasteiger charge is -2.33. The highest BCUT2D eigenvalue weighted by Gasteiger charge is 2.29.